The summed E-state index contributed by atoms with van der Waals surface area (Å²) in [5.41, 5.74) is 11.0. The smallest absolute Gasteiger partial charge is 0.200 e. The maximum atomic E-state index is 15.2. The Hall–Kier alpha value is -5.36. The maximum absolute atomic E-state index is 15.2. The van der Waals surface area contributed by atoms with Crippen LogP contribution in [0.5, 0.6) is 11.5 Å². The van der Waals surface area contributed by atoms with E-state index in [0.717, 1.165) is 46.2 Å². The molecule has 2 N–H and O–H groups in total. The van der Waals surface area contributed by atoms with Gasteiger partial charge in [-0.25, -0.2) is 9.37 Å². The average Bonchev–Trinajstić information content (AvgIpc) is 3.19. The van der Waals surface area contributed by atoms with Crippen LogP contribution in [-0.4, -0.2) is 68.2 Å². The molecule has 11 heteroatoms. The van der Waals surface area contributed by atoms with Gasteiger partial charge >= 0.3 is 0 Å². The van der Waals surface area contributed by atoms with Crippen LogP contribution >= 0.6 is 0 Å². The summed E-state index contributed by atoms with van der Waals surface area (Å²) in [6.07, 6.45) is 6.61. The summed E-state index contributed by atoms with van der Waals surface area (Å²) in [4.78, 5) is 32.1. The number of aromatic nitrogens is 2. The first-order valence-electron chi connectivity index (χ1n) is 18.2. The maximum Gasteiger partial charge on any atom is 0.200 e. The third kappa shape index (κ3) is 8.54. The molecule has 2 aliphatic rings. The molecule has 0 aliphatic carbocycles. The Balaban J connectivity index is 1.10. The highest BCUT2D eigenvalue weighted by Crippen LogP contribution is 2.35. The van der Waals surface area contributed by atoms with Crippen molar-refractivity contribution in [3.63, 3.8) is 0 Å². The Bertz CT molecular complexity index is 2170. The van der Waals surface area contributed by atoms with Gasteiger partial charge in [0, 0.05) is 67.0 Å². The van der Waals surface area contributed by atoms with Gasteiger partial charge in [-0.2, -0.15) is 0 Å². The standard InChI is InChI=1S/C43H44FN3O7/c1-27-3-9-34(38(44)17-27)36-23-47(22-29-11-13-51-14-12-29)24-37(42(36)49)39(48)18-28-4-6-30(7-5-28)35-19-32(21-46-43(35)45)31-8-10-40(41(20-31)50-2)54-26-33-25-52-15-16-53-33/h3-10,17,19-21,23-24,29,33H,11-16,18,22,25-26H2,1-2H3,(H2,45,46)/t33-/m1/s1. The molecular formula is C43H44FN3O7. The van der Waals surface area contributed by atoms with Crippen LogP contribution in [0.1, 0.15) is 34.3 Å². The number of anilines is 1. The predicted molar refractivity (Wildman–Crippen MR) is 205 cm³/mol. The molecule has 3 aromatic carbocycles. The summed E-state index contributed by atoms with van der Waals surface area (Å²) in [5.74, 6) is 1.01. The molecule has 2 aliphatic heterocycles. The number of ether oxygens (including phenoxy) is 5. The van der Waals surface area contributed by atoms with Crippen LogP contribution in [0.25, 0.3) is 33.4 Å². The van der Waals surface area contributed by atoms with E-state index in [1.54, 1.807) is 44.8 Å². The number of pyridine rings is 2. The Morgan fingerprint density at radius 3 is 2.43 bits per heavy atom. The van der Waals surface area contributed by atoms with Crippen LogP contribution in [-0.2, 0) is 27.2 Å². The molecule has 0 saturated carbocycles. The van der Waals surface area contributed by atoms with Crippen LogP contribution < -0.4 is 20.6 Å². The minimum absolute atomic E-state index is 0.00545. The minimum Gasteiger partial charge on any atom is -0.493 e. The summed E-state index contributed by atoms with van der Waals surface area (Å²) in [6, 6.07) is 19.9. The van der Waals surface area contributed by atoms with Crippen molar-refractivity contribution in [2.24, 2.45) is 5.92 Å². The second kappa shape index (κ2) is 16.8. The van der Waals surface area contributed by atoms with E-state index in [9.17, 15) is 9.59 Å². The molecule has 5 aromatic rings. The number of nitrogens with two attached hydrogens (primary N) is 1. The Kier molecular flexibility index (Phi) is 11.5. The summed E-state index contributed by atoms with van der Waals surface area (Å²) in [5, 5.41) is 0. The Morgan fingerprint density at radius 2 is 1.69 bits per heavy atom. The van der Waals surface area contributed by atoms with Crippen molar-refractivity contribution in [3.05, 3.63) is 118 Å². The summed E-state index contributed by atoms with van der Waals surface area (Å²) >= 11 is 0. The number of halogens is 1. The molecule has 0 amide bonds. The van der Waals surface area contributed by atoms with Crippen molar-refractivity contribution < 1.29 is 32.9 Å². The lowest BCUT2D eigenvalue weighted by Gasteiger charge is -2.23. The molecule has 2 saturated heterocycles. The molecule has 280 valence electrons. The summed E-state index contributed by atoms with van der Waals surface area (Å²) in [6.45, 7) is 5.70. The molecule has 0 spiro atoms. The van der Waals surface area contributed by atoms with E-state index in [1.165, 1.54) is 6.07 Å². The quantitative estimate of drug-likeness (QED) is 0.136. The fourth-order valence-electron chi connectivity index (χ4n) is 6.92. The lowest BCUT2D eigenvalue weighted by Crippen LogP contribution is -2.33. The SMILES string of the molecule is COc1cc(-c2cnc(N)c(-c3ccc(CC(=O)c4cn(CC5CCOCC5)cc(-c5ccc(C)cc5F)c4=O)cc3)c2)ccc1OC[C@H]1COCCO1. The zero-order valence-electron chi connectivity index (χ0n) is 30.5. The van der Waals surface area contributed by atoms with E-state index < -0.39 is 11.2 Å². The van der Waals surface area contributed by atoms with Crippen LogP contribution in [0.3, 0.4) is 0 Å². The van der Waals surface area contributed by atoms with Gasteiger partial charge in [0.25, 0.3) is 0 Å². The number of ketones is 1. The number of Topliss-reactive ketones (excluding diaryl/α,β-unsaturated/α-hetero) is 1. The first-order chi connectivity index (χ1) is 26.2. The fourth-order valence-corrected chi connectivity index (χ4v) is 6.92. The van der Waals surface area contributed by atoms with Crippen LogP contribution in [0, 0.1) is 18.7 Å². The molecule has 2 fully saturated rings. The monoisotopic (exact) mass is 733 g/mol. The van der Waals surface area contributed by atoms with Gasteiger partial charge in [0.05, 0.1) is 32.5 Å². The molecule has 54 heavy (non-hydrogen) atoms. The van der Waals surface area contributed by atoms with Crippen LogP contribution in [0.2, 0.25) is 0 Å². The number of hydrogen-bond donors (Lipinski definition) is 1. The first-order valence-corrected chi connectivity index (χ1v) is 18.2. The van der Waals surface area contributed by atoms with Gasteiger partial charge in [0.2, 0.25) is 0 Å². The van der Waals surface area contributed by atoms with E-state index in [-0.39, 0.29) is 35.0 Å². The highest BCUT2D eigenvalue weighted by molar-refractivity contribution is 5.98. The molecule has 0 bridgehead atoms. The molecule has 1 atom stereocenters. The van der Waals surface area contributed by atoms with Gasteiger partial charge in [-0.1, -0.05) is 42.5 Å². The fraction of sp³-hybridized carbons (Fsp3) is 0.326. The minimum atomic E-state index is -0.496. The van der Waals surface area contributed by atoms with Crippen LogP contribution in [0.15, 0.2) is 90.1 Å². The molecule has 0 unspecified atom stereocenters. The number of carbonyl (C=O) groups is 1. The average molecular weight is 734 g/mol. The van der Waals surface area contributed by atoms with Crippen molar-refractivity contribution in [3.8, 4) is 44.9 Å². The second-order valence-corrected chi connectivity index (χ2v) is 13.8. The van der Waals surface area contributed by atoms with Gasteiger partial charge in [-0.3, -0.25) is 9.59 Å². The topological polar surface area (TPSA) is 124 Å². The third-order valence-electron chi connectivity index (χ3n) is 9.96. The number of aryl methyl sites for hydroxylation is 1. The van der Waals surface area contributed by atoms with Crippen molar-refractivity contribution >= 4 is 11.6 Å². The molecule has 7 rings (SSSR count). The molecule has 0 radical (unpaired) electrons. The Morgan fingerprint density at radius 1 is 0.889 bits per heavy atom. The number of rotatable bonds is 12. The summed E-state index contributed by atoms with van der Waals surface area (Å²) in [7, 11) is 1.59. The number of nitrogen functional groups attached to an aromatic ring is 1. The first kappa shape index (κ1) is 37.0. The molecule has 10 nitrogen and oxygen atoms in total. The van der Waals surface area contributed by atoms with E-state index in [2.05, 4.69) is 4.98 Å². The predicted octanol–water partition coefficient (Wildman–Crippen LogP) is 6.93. The van der Waals surface area contributed by atoms with E-state index in [1.807, 2.05) is 53.1 Å². The molecule has 2 aromatic heterocycles. The lowest BCUT2D eigenvalue weighted by atomic mass is 9.96. The van der Waals surface area contributed by atoms with Crippen LogP contribution in [0.4, 0.5) is 10.2 Å². The molecule has 4 heterocycles. The number of nitrogens with zero attached hydrogens (tertiary/aromatic N) is 2. The van der Waals surface area contributed by atoms with E-state index in [4.69, 9.17) is 29.4 Å². The zero-order chi connectivity index (χ0) is 37.6. The van der Waals surface area contributed by atoms with Gasteiger partial charge in [0.15, 0.2) is 22.7 Å². The summed E-state index contributed by atoms with van der Waals surface area (Å²) < 4.78 is 45.3. The van der Waals surface area contributed by atoms with Crippen molar-refractivity contribution in [2.45, 2.75) is 38.8 Å². The number of benzene rings is 3. The number of carbonyl (C=O) groups excluding carboxylic acids is 1. The molecular weight excluding hydrogens is 689 g/mol. The zero-order valence-corrected chi connectivity index (χ0v) is 30.5. The van der Waals surface area contributed by atoms with E-state index in [0.29, 0.717) is 69.4 Å². The van der Waals surface area contributed by atoms with Gasteiger partial charge in [-0.05, 0) is 72.2 Å². The van der Waals surface area contributed by atoms with Crippen molar-refractivity contribution in [1.29, 1.82) is 0 Å². The van der Waals surface area contributed by atoms with Gasteiger partial charge < -0.3 is 34.0 Å². The van der Waals surface area contributed by atoms with Crippen molar-refractivity contribution in [2.75, 3.05) is 52.5 Å². The van der Waals surface area contributed by atoms with Gasteiger partial charge in [0.1, 0.15) is 24.3 Å². The number of methoxy groups -OCH3 is 1. The normalized spacial score (nSPS) is 16.2. The largest absolute Gasteiger partial charge is 0.493 e. The highest BCUT2D eigenvalue weighted by Gasteiger charge is 2.22. The lowest BCUT2D eigenvalue weighted by molar-refractivity contribution is -0.101. The van der Waals surface area contributed by atoms with E-state index >= 15 is 4.39 Å². The van der Waals surface area contributed by atoms with Gasteiger partial charge in [-0.15, -0.1) is 0 Å². The Labute approximate surface area is 313 Å². The third-order valence-corrected chi connectivity index (χ3v) is 9.96. The second-order valence-electron chi connectivity index (χ2n) is 13.8. The van der Waals surface area contributed by atoms with Crippen molar-refractivity contribution in [1.82, 2.24) is 9.55 Å². The number of hydrogen-bond acceptors (Lipinski definition) is 9. The highest BCUT2D eigenvalue weighted by atomic mass is 19.1.